The quantitative estimate of drug-likeness (QED) is 0.677. The molecule has 0 aromatic carbocycles. The van der Waals surface area contributed by atoms with Crippen LogP contribution in [0.1, 0.15) is 39.9 Å². The van der Waals surface area contributed by atoms with Crippen molar-refractivity contribution in [1.29, 1.82) is 0 Å². The second-order valence-electron chi connectivity index (χ2n) is 6.75. The van der Waals surface area contributed by atoms with Crippen LogP contribution in [0.5, 0.6) is 0 Å². The van der Waals surface area contributed by atoms with Crippen LogP contribution in [0.3, 0.4) is 0 Å². The van der Waals surface area contributed by atoms with Gasteiger partial charge in [0, 0.05) is 25.1 Å². The van der Waals surface area contributed by atoms with Crippen molar-refractivity contribution < 1.29 is 19.1 Å². The van der Waals surface area contributed by atoms with Crippen molar-refractivity contribution in [2.24, 2.45) is 5.92 Å². The Balaban J connectivity index is 1.61. The molecule has 1 aliphatic rings. The van der Waals surface area contributed by atoms with E-state index >= 15 is 0 Å². The molecule has 2 N–H and O–H groups in total. The van der Waals surface area contributed by atoms with Gasteiger partial charge in [-0.25, -0.2) is 4.98 Å². The summed E-state index contributed by atoms with van der Waals surface area (Å²) in [6.07, 6.45) is 3.98. The summed E-state index contributed by atoms with van der Waals surface area (Å²) in [7, 11) is 0. The van der Waals surface area contributed by atoms with E-state index in [4.69, 9.17) is 9.15 Å². The topological polar surface area (TPSA) is 97.5 Å². The van der Waals surface area contributed by atoms with Crippen LogP contribution >= 0.6 is 11.3 Å². The van der Waals surface area contributed by atoms with Crippen molar-refractivity contribution in [2.75, 3.05) is 18.5 Å². The van der Waals surface area contributed by atoms with Gasteiger partial charge in [-0.15, -0.1) is 0 Å². The fourth-order valence-electron chi connectivity index (χ4n) is 3.19. The number of ether oxygens (including phenoxy) is 1. The lowest BCUT2D eigenvalue weighted by molar-refractivity contribution is 0.00862. The zero-order valence-electron chi connectivity index (χ0n) is 15.4. The van der Waals surface area contributed by atoms with E-state index in [0.29, 0.717) is 40.2 Å². The molecule has 1 unspecified atom stereocenters. The van der Waals surface area contributed by atoms with E-state index in [-0.39, 0.29) is 11.8 Å². The molecule has 1 fully saturated rings. The number of carbonyl (C=O) groups excluding carboxylic acids is 1. The predicted octanol–water partition coefficient (Wildman–Crippen LogP) is 3.82. The van der Waals surface area contributed by atoms with Crippen molar-refractivity contribution in [1.82, 2.24) is 9.97 Å². The lowest BCUT2D eigenvalue weighted by atomic mass is 9.92. The number of aryl methyl sites for hydroxylation is 1. The Bertz CT molecular complexity index is 931. The van der Waals surface area contributed by atoms with Crippen LogP contribution in [0.4, 0.5) is 5.13 Å². The molecule has 4 heterocycles. The minimum absolute atomic E-state index is 0.0905. The van der Waals surface area contributed by atoms with E-state index in [9.17, 15) is 9.90 Å². The van der Waals surface area contributed by atoms with Gasteiger partial charge < -0.3 is 14.3 Å². The summed E-state index contributed by atoms with van der Waals surface area (Å²) in [5, 5.41) is 14.2. The Labute approximate surface area is 166 Å². The summed E-state index contributed by atoms with van der Waals surface area (Å²) in [5.41, 5.74) is 1.85. The minimum Gasteiger partial charge on any atom is -0.463 e. The first-order valence-corrected chi connectivity index (χ1v) is 9.98. The number of aliphatic hydroxyl groups is 1. The zero-order chi connectivity index (χ0) is 19.5. The van der Waals surface area contributed by atoms with Gasteiger partial charge in [-0.1, -0.05) is 11.3 Å². The molecule has 146 valence electrons. The largest absolute Gasteiger partial charge is 0.463 e. The minimum atomic E-state index is -0.687. The number of rotatable bonds is 5. The highest BCUT2D eigenvalue weighted by Crippen LogP contribution is 2.41. The number of thiazole rings is 1. The standard InChI is InChI=1S/C20H21N3O4S/c1-12-4-5-14(11-21-12)19(25)23-20-22-16(15-3-2-8-27-15)18(28-20)17(24)13-6-9-26-10-7-13/h2-5,8,11,13,17,24H,6-7,9-10H2,1H3,(H,22,23,25). The van der Waals surface area contributed by atoms with Gasteiger partial charge in [-0.05, 0) is 49.9 Å². The maximum absolute atomic E-state index is 12.5. The summed E-state index contributed by atoms with van der Waals surface area (Å²) in [6.45, 7) is 3.14. The number of aliphatic hydroxyl groups excluding tert-OH is 1. The van der Waals surface area contributed by atoms with Crippen LogP contribution in [0.15, 0.2) is 41.1 Å². The average Bonchev–Trinajstić information content (AvgIpc) is 3.38. The number of hydrogen-bond donors (Lipinski definition) is 2. The van der Waals surface area contributed by atoms with E-state index in [1.807, 2.05) is 6.92 Å². The molecule has 3 aromatic heterocycles. The van der Waals surface area contributed by atoms with Gasteiger partial charge in [0.15, 0.2) is 10.9 Å². The van der Waals surface area contributed by atoms with Gasteiger partial charge in [0.2, 0.25) is 0 Å². The van der Waals surface area contributed by atoms with E-state index < -0.39 is 6.10 Å². The van der Waals surface area contributed by atoms with E-state index in [0.717, 1.165) is 18.5 Å². The molecule has 1 aliphatic heterocycles. The number of aromatic nitrogens is 2. The Morgan fingerprint density at radius 2 is 2.14 bits per heavy atom. The maximum atomic E-state index is 12.5. The highest BCUT2D eigenvalue weighted by atomic mass is 32.1. The Hall–Kier alpha value is -2.55. The number of hydrogen-bond acceptors (Lipinski definition) is 7. The lowest BCUT2D eigenvalue weighted by Crippen LogP contribution is -2.21. The second kappa shape index (κ2) is 8.22. The first-order chi connectivity index (χ1) is 13.6. The van der Waals surface area contributed by atoms with Gasteiger partial charge in [-0.3, -0.25) is 15.1 Å². The third-order valence-electron chi connectivity index (χ3n) is 4.78. The summed E-state index contributed by atoms with van der Waals surface area (Å²) in [6, 6.07) is 7.07. The molecule has 1 atom stereocenters. The number of furan rings is 1. The fraction of sp³-hybridized carbons (Fsp3) is 0.350. The zero-order valence-corrected chi connectivity index (χ0v) is 16.2. The third kappa shape index (κ3) is 3.99. The maximum Gasteiger partial charge on any atom is 0.259 e. The molecule has 0 saturated carbocycles. The Kier molecular flexibility index (Phi) is 5.52. The van der Waals surface area contributed by atoms with Crippen LogP contribution in [0.25, 0.3) is 11.5 Å². The number of anilines is 1. The van der Waals surface area contributed by atoms with Gasteiger partial charge in [-0.2, -0.15) is 0 Å². The highest BCUT2D eigenvalue weighted by Gasteiger charge is 2.29. The molecule has 3 aromatic rings. The van der Waals surface area contributed by atoms with Crippen LogP contribution in [-0.2, 0) is 4.74 Å². The van der Waals surface area contributed by atoms with Crippen LogP contribution in [-0.4, -0.2) is 34.2 Å². The summed E-state index contributed by atoms with van der Waals surface area (Å²) in [4.78, 5) is 21.9. The van der Waals surface area contributed by atoms with Crippen molar-refractivity contribution in [2.45, 2.75) is 25.9 Å². The van der Waals surface area contributed by atoms with Gasteiger partial charge >= 0.3 is 0 Å². The van der Waals surface area contributed by atoms with Crippen molar-refractivity contribution in [3.63, 3.8) is 0 Å². The first-order valence-electron chi connectivity index (χ1n) is 9.16. The summed E-state index contributed by atoms with van der Waals surface area (Å²) < 4.78 is 10.9. The molecular weight excluding hydrogens is 378 g/mol. The van der Waals surface area contributed by atoms with E-state index in [1.54, 1.807) is 30.5 Å². The number of nitrogens with zero attached hydrogens (tertiary/aromatic N) is 2. The molecule has 8 heteroatoms. The Morgan fingerprint density at radius 3 is 2.82 bits per heavy atom. The number of carbonyl (C=O) groups is 1. The van der Waals surface area contributed by atoms with Crippen LogP contribution in [0.2, 0.25) is 0 Å². The molecule has 28 heavy (non-hydrogen) atoms. The molecular formula is C20H21N3O4S. The predicted molar refractivity (Wildman–Crippen MR) is 105 cm³/mol. The summed E-state index contributed by atoms with van der Waals surface area (Å²) >= 11 is 1.27. The Morgan fingerprint density at radius 1 is 1.32 bits per heavy atom. The summed E-state index contributed by atoms with van der Waals surface area (Å²) in [5.74, 6) is 0.363. The second-order valence-corrected chi connectivity index (χ2v) is 7.78. The smallest absolute Gasteiger partial charge is 0.259 e. The molecule has 0 aliphatic carbocycles. The van der Waals surface area contributed by atoms with E-state index in [2.05, 4.69) is 15.3 Å². The monoisotopic (exact) mass is 399 g/mol. The van der Waals surface area contributed by atoms with Crippen molar-refractivity contribution in [3.05, 3.63) is 52.9 Å². The normalized spacial score (nSPS) is 16.1. The molecule has 0 spiro atoms. The molecule has 1 amide bonds. The SMILES string of the molecule is Cc1ccc(C(=O)Nc2nc(-c3ccco3)c(C(O)C3CCOCC3)s2)cn1. The van der Waals surface area contributed by atoms with Crippen LogP contribution in [0, 0.1) is 12.8 Å². The number of nitrogens with one attached hydrogen (secondary N) is 1. The van der Waals surface area contributed by atoms with Gasteiger partial charge in [0.05, 0.1) is 22.8 Å². The highest BCUT2D eigenvalue weighted by molar-refractivity contribution is 7.16. The molecule has 0 bridgehead atoms. The lowest BCUT2D eigenvalue weighted by Gasteiger charge is -2.26. The molecule has 4 rings (SSSR count). The first kappa shape index (κ1) is 18.8. The third-order valence-corrected chi connectivity index (χ3v) is 5.82. The number of pyridine rings is 1. The van der Waals surface area contributed by atoms with Crippen molar-refractivity contribution >= 4 is 22.4 Å². The van der Waals surface area contributed by atoms with E-state index in [1.165, 1.54) is 17.5 Å². The van der Waals surface area contributed by atoms with Crippen molar-refractivity contribution in [3.8, 4) is 11.5 Å². The molecule has 1 saturated heterocycles. The molecule has 0 radical (unpaired) electrons. The van der Waals surface area contributed by atoms with Gasteiger partial charge in [0.25, 0.3) is 5.91 Å². The number of amides is 1. The van der Waals surface area contributed by atoms with Crippen LogP contribution < -0.4 is 5.32 Å². The molecule has 7 nitrogen and oxygen atoms in total. The fourth-order valence-corrected chi connectivity index (χ4v) is 4.24. The average molecular weight is 399 g/mol. The van der Waals surface area contributed by atoms with Gasteiger partial charge in [0.1, 0.15) is 5.69 Å².